The van der Waals surface area contributed by atoms with Gasteiger partial charge in [0.15, 0.2) is 12.4 Å². The second-order valence-corrected chi connectivity index (χ2v) is 3.06. The van der Waals surface area contributed by atoms with E-state index in [2.05, 4.69) is 10.1 Å². The van der Waals surface area contributed by atoms with Crippen molar-refractivity contribution in [2.24, 2.45) is 0 Å². The second-order valence-electron chi connectivity index (χ2n) is 3.06. The van der Waals surface area contributed by atoms with Gasteiger partial charge < -0.3 is 15.0 Å². The van der Waals surface area contributed by atoms with Crippen LogP contribution in [-0.4, -0.2) is 10.1 Å². The molecule has 0 unspecified atom stereocenters. The van der Waals surface area contributed by atoms with Crippen molar-refractivity contribution in [3.63, 3.8) is 0 Å². The van der Waals surface area contributed by atoms with Crippen LogP contribution in [-0.2, 0) is 6.61 Å². The van der Waals surface area contributed by atoms with Crippen molar-refractivity contribution in [2.45, 2.75) is 13.5 Å². The zero-order valence-corrected chi connectivity index (χ0v) is 8.30. The Bertz CT molecular complexity index is 453. The molecule has 2 aromatic rings. The molecule has 2 rings (SSSR count). The van der Waals surface area contributed by atoms with E-state index in [1.807, 2.05) is 12.1 Å². The lowest BCUT2D eigenvalue weighted by Gasteiger charge is -2.05. The van der Waals surface area contributed by atoms with Crippen molar-refractivity contribution < 1.29 is 9.26 Å². The van der Waals surface area contributed by atoms with Gasteiger partial charge in [-0.05, 0) is 19.1 Å². The summed E-state index contributed by atoms with van der Waals surface area (Å²) in [6.07, 6.45) is 0. The lowest BCUT2D eigenvalue weighted by Crippen LogP contribution is -1.98. The normalized spacial score (nSPS) is 10.2. The van der Waals surface area contributed by atoms with E-state index in [1.54, 1.807) is 19.1 Å². The number of nitrogens with two attached hydrogens (primary N) is 1. The number of nitrogens with zero attached hydrogens (tertiary/aromatic N) is 2. The van der Waals surface area contributed by atoms with E-state index >= 15 is 0 Å². The Hall–Kier alpha value is -2.04. The number of hydrogen-bond acceptors (Lipinski definition) is 5. The number of rotatable bonds is 3. The average Bonchev–Trinajstić information content (AvgIpc) is 2.63. The molecule has 0 spiro atoms. The van der Waals surface area contributed by atoms with Gasteiger partial charge in [-0.25, -0.2) is 0 Å². The Kier molecular flexibility index (Phi) is 2.53. The third kappa shape index (κ3) is 2.25. The molecule has 0 aliphatic heterocycles. The minimum Gasteiger partial charge on any atom is -0.482 e. The molecule has 0 fully saturated rings. The Morgan fingerprint density at radius 2 is 2.20 bits per heavy atom. The van der Waals surface area contributed by atoms with E-state index in [9.17, 15) is 0 Å². The molecule has 15 heavy (non-hydrogen) atoms. The Labute approximate surface area is 86.9 Å². The molecular weight excluding hydrogens is 194 g/mol. The topological polar surface area (TPSA) is 74.2 Å². The molecule has 0 saturated heterocycles. The fourth-order valence-electron chi connectivity index (χ4n) is 1.15. The summed E-state index contributed by atoms with van der Waals surface area (Å²) < 4.78 is 10.3. The van der Waals surface area contributed by atoms with Gasteiger partial charge in [0.05, 0.1) is 5.69 Å². The minimum absolute atomic E-state index is 0.231. The van der Waals surface area contributed by atoms with Gasteiger partial charge in [0.1, 0.15) is 5.75 Å². The zero-order valence-electron chi connectivity index (χ0n) is 8.30. The molecule has 1 aromatic carbocycles. The summed E-state index contributed by atoms with van der Waals surface area (Å²) >= 11 is 0. The summed E-state index contributed by atoms with van der Waals surface area (Å²) in [5.74, 6) is 1.65. The van der Waals surface area contributed by atoms with Crippen LogP contribution < -0.4 is 10.5 Å². The minimum atomic E-state index is 0.231. The van der Waals surface area contributed by atoms with Crippen molar-refractivity contribution in [1.82, 2.24) is 10.1 Å². The Morgan fingerprint density at radius 1 is 1.40 bits per heavy atom. The summed E-state index contributed by atoms with van der Waals surface area (Å²) in [5.41, 5.74) is 6.29. The zero-order chi connectivity index (χ0) is 10.7. The number of hydrogen-bond donors (Lipinski definition) is 1. The van der Waals surface area contributed by atoms with Crippen LogP contribution in [0.1, 0.15) is 11.7 Å². The van der Waals surface area contributed by atoms with Crippen molar-refractivity contribution in [3.8, 4) is 5.75 Å². The summed E-state index contributed by atoms with van der Waals surface area (Å²) in [5, 5.41) is 3.65. The number of ether oxygens (including phenoxy) is 1. The lowest BCUT2D eigenvalue weighted by atomic mass is 10.3. The first-order valence-corrected chi connectivity index (χ1v) is 4.52. The first-order valence-electron chi connectivity index (χ1n) is 4.52. The van der Waals surface area contributed by atoms with Crippen LogP contribution in [0.4, 0.5) is 5.69 Å². The van der Waals surface area contributed by atoms with Gasteiger partial charge in [-0.15, -0.1) is 0 Å². The molecule has 1 aromatic heterocycles. The molecule has 0 atom stereocenters. The van der Waals surface area contributed by atoms with Gasteiger partial charge in [-0.1, -0.05) is 17.3 Å². The van der Waals surface area contributed by atoms with Gasteiger partial charge in [-0.3, -0.25) is 0 Å². The first-order chi connectivity index (χ1) is 7.25. The summed E-state index contributed by atoms with van der Waals surface area (Å²) in [7, 11) is 0. The van der Waals surface area contributed by atoms with Gasteiger partial charge in [-0.2, -0.15) is 4.98 Å². The van der Waals surface area contributed by atoms with Gasteiger partial charge in [0.25, 0.3) is 5.89 Å². The monoisotopic (exact) mass is 205 g/mol. The quantitative estimate of drug-likeness (QED) is 0.769. The van der Waals surface area contributed by atoms with E-state index < -0.39 is 0 Å². The molecule has 2 N–H and O–H groups in total. The standard InChI is InChI=1S/C10H11N3O2/c1-7-12-10(15-13-7)6-14-9-5-3-2-4-8(9)11/h2-5H,6,11H2,1H3. The Balaban J connectivity index is 2.02. The molecular formula is C10H11N3O2. The van der Waals surface area contributed by atoms with Crippen LogP contribution in [0.15, 0.2) is 28.8 Å². The number of aryl methyl sites for hydroxylation is 1. The Morgan fingerprint density at radius 3 is 2.87 bits per heavy atom. The summed E-state index contributed by atoms with van der Waals surface area (Å²) in [6.45, 7) is 1.99. The highest BCUT2D eigenvalue weighted by Crippen LogP contribution is 2.20. The molecule has 0 radical (unpaired) electrons. The predicted molar refractivity (Wildman–Crippen MR) is 54.2 cm³/mol. The molecule has 0 saturated carbocycles. The van der Waals surface area contributed by atoms with Crippen LogP contribution in [0.3, 0.4) is 0 Å². The van der Waals surface area contributed by atoms with Crippen molar-refractivity contribution in [3.05, 3.63) is 36.0 Å². The van der Waals surface area contributed by atoms with Gasteiger partial charge in [0.2, 0.25) is 0 Å². The fourth-order valence-corrected chi connectivity index (χ4v) is 1.15. The molecule has 0 aliphatic carbocycles. The summed E-state index contributed by atoms with van der Waals surface area (Å²) in [6, 6.07) is 7.26. The van der Waals surface area contributed by atoms with E-state index in [4.69, 9.17) is 15.0 Å². The third-order valence-electron chi connectivity index (χ3n) is 1.84. The molecule has 5 heteroatoms. The average molecular weight is 205 g/mol. The predicted octanol–water partition coefficient (Wildman–Crippen LogP) is 1.54. The highest BCUT2D eigenvalue weighted by molar-refractivity contribution is 5.51. The van der Waals surface area contributed by atoms with Crippen LogP contribution >= 0.6 is 0 Å². The maximum absolute atomic E-state index is 5.70. The fraction of sp³-hybridized carbons (Fsp3) is 0.200. The molecule has 0 amide bonds. The van der Waals surface area contributed by atoms with Crippen molar-refractivity contribution in [1.29, 1.82) is 0 Å². The van der Waals surface area contributed by atoms with E-state index in [-0.39, 0.29) is 6.61 Å². The molecule has 0 bridgehead atoms. The molecule has 78 valence electrons. The number of anilines is 1. The van der Waals surface area contributed by atoms with Crippen LogP contribution in [0, 0.1) is 6.92 Å². The smallest absolute Gasteiger partial charge is 0.264 e. The van der Waals surface area contributed by atoms with Gasteiger partial charge in [0, 0.05) is 0 Å². The maximum atomic E-state index is 5.70. The van der Waals surface area contributed by atoms with E-state index in [0.717, 1.165) is 0 Å². The van der Waals surface area contributed by atoms with Gasteiger partial charge >= 0.3 is 0 Å². The van der Waals surface area contributed by atoms with E-state index in [0.29, 0.717) is 23.2 Å². The SMILES string of the molecule is Cc1noc(COc2ccccc2N)n1. The van der Waals surface area contributed by atoms with Crippen LogP contribution in [0.25, 0.3) is 0 Å². The molecule has 0 aliphatic rings. The highest BCUT2D eigenvalue weighted by Gasteiger charge is 2.04. The van der Waals surface area contributed by atoms with Crippen LogP contribution in [0.5, 0.6) is 5.75 Å². The highest BCUT2D eigenvalue weighted by atomic mass is 16.5. The van der Waals surface area contributed by atoms with Crippen molar-refractivity contribution in [2.75, 3.05) is 5.73 Å². The van der Waals surface area contributed by atoms with Crippen molar-refractivity contribution >= 4 is 5.69 Å². The number of para-hydroxylation sites is 2. The number of benzene rings is 1. The second kappa shape index (κ2) is 4.00. The molecule has 1 heterocycles. The largest absolute Gasteiger partial charge is 0.482 e. The van der Waals surface area contributed by atoms with Crippen LogP contribution in [0.2, 0.25) is 0 Å². The third-order valence-corrected chi connectivity index (χ3v) is 1.84. The first kappa shape index (κ1) is 9.51. The molecule has 5 nitrogen and oxygen atoms in total. The lowest BCUT2D eigenvalue weighted by molar-refractivity contribution is 0.243. The van der Waals surface area contributed by atoms with E-state index in [1.165, 1.54) is 0 Å². The number of nitrogen functional groups attached to an aromatic ring is 1. The number of aromatic nitrogens is 2. The maximum Gasteiger partial charge on any atom is 0.264 e. The summed E-state index contributed by atoms with van der Waals surface area (Å²) in [4.78, 5) is 4.01.